The number of rotatable bonds is 3. The maximum atomic E-state index is 5.71. The Morgan fingerprint density at radius 3 is 3.20 bits per heavy atom. The lowest BCUT2D eigenvalue weighted by molar-refractivity contribution is 0.0447. The summed E-state index contributed by atoms with van der Waals surface area (Å²) in [5.74, 6) is 7.62. The summed E-state index contributed by atoms with van der Waals surface area (Å²) >= 11 is 1.90. The van der Waals surface area contributed by atoms with E-state index < -0.39 is 0 Å². The summed E-state index contributed by atoms with van der Waals surface area (Å²) in [5.41, 5.74) is 3.88. The van der Waals surface area contributed by atoms with Crippen LogP contribution >= 0.6 is 11.8 Å². The molecule has 2 heterocycles. The van der Waals surface area contributed by atoms with Crippen LogP contribution in [0, 0.1) is 0 Å². The summed E-state index contributed by atoms with van der Waals surface area (Å²) in [6.45, 7) is 0.797. The molecule has 2 unspecified atom stereocenters. The Labute approximate surface area is 93.3 Å². The van der Waals surface area contributed by atoms with Gasteiger partial charge in [-0.15, -0.1) is 0 Å². The highest BCUT2D eigenvalue weighted by molar-refractivity contribution is 7.99. The van der Waals surface area contributed by atoms with Gasteiger partial charge in [-0.05, 0) is 6.07 Å². The van der Waals surface area contributed by atoms with Crippen molar-refractivity contribution >= 4 is 11.8 Å². The number of nitrogens with one attached hydrogen (secondary N) is 1. The van der Waals surface area contributed by atoms with Gasteiger partial charge in [0, 0.05) is 24.8 Å². The highest BCUT2D eigenvalue weighted by Gasteiger charge is 2.27. The maximum Gasteiger partial charge on any atom is 0.0898 e. The van der Waals surface area contributed by atoms with Crippen molar-refractivity contribution < 1.29 is 4.74 Å². The molecular formula is C9H16N4OS. The zero-order valence-electron chi connectivity index (χ0n) is 8.72. The second kappa shape index (κ2) is 4.98. The van der Waals surface area contributed by atoms with Crippen LogP contribution in [0.25, 0.3) is 0 Å². The molecule has 6 heteroatoms. The van der Waals surface area contributed by atoms with Crippen LogP contribution < -0.4 is 11.3 Å². The number of hydrazine groups is 1. The number of hydrogen-bond donors (Lipinski definition) is 2. The molecule has 1 aliphatic rings. The lowest BCUT2D eigenvalue weighted by Gasteiger charge is -2.29. The predicted molar refractivity (Wildman–Crippen MR) is 60.3 cm³/mol. The van der Waals surface area contributed by atoms with Crippen LogP contribution in [-0.4, -0.2) is 34.0 Å². The molecule has 1 aliphatic heterocycles. The van der Waals surface area contributed by atoms with Crippen LogP contribution in [-0.2, 0) is 11.8 Å². The number of nitrogens with two attached hydrogens (primary N) is 1. The van der Waals surface area contributed by atoms with Crippen LogP contribution in [0.5, 0.6) is 0 Å². The Bertz CT molecular complexity index is 311. The lowest BCUT2D eigenvalue weighted by atomic mass is 10.1. The fraction of sp³-hybridized carbons (Fsp3) is 0.667. The van der Waals surface area contributed by atoms with Gasteiger partial charge in [0.15, 0.2) is 0 Å². The number of hydrogen-bond acceptors (Lipinski definition) is 5. The maximum absolute atomic E-state index is 5.71. The zero-order chi connectivity index (χ0) is 10.7. The third-order valence-corrected chi connectivity index (χ3v) is 3.59. The summed E-state index contributed by atoms with van der Waals surface area (Å²) in [6.07, 6.45) is 1.90. The third kappa shape index (κ3) is 2.34. The van der Waals surface area contributed by atoms with Crippen molar-refractivity contribution in [2.75, 3.05) is 18.1 Å². The van der Waals surface area contributed by atoms with Crippen molar-refractivity contribution in [1.29, 1.82) is 0 Å². The molecule has 0 radical (unpaired) electrons. The molecular weight excluding hydrogens is 212 g/mol. The van der Waals surface area contributed by atoms with Gasteiger partial charge in [0.2, 0.25) is 0 Å². The number of aromatic nitrogens is 2. The van der Waals surface area contributed by atoms with E-state index in [-0.39, 0.29) is 12.1 Å². The highest BCUT2D eigenvalue weighted by Crippen LogP contribution is 2.24. The van der Waals surface area contributed by atoms with Gasteiger partial charge in [-0.2, -0.15) is 16.9 Å². The third-order valence-electron chi connectivity index (χ3n) is 2.57. The van der Waals surface area contributed by atoms with Gasteiger partial charge < -0.3 is 4.74 Å². The van der Waals surface area contributed by atoms with Crippen molar-refractivity contribution in [1.82, 2.24) is 15.2 Å². The highest BCUT2D eigenvalue weighted by atomic mass is 32.2. The second-order valence-electron chi connectivity index (χ2n) is 3.51. The summed E-state index contributed by atoms with van der Waals surface area (Å²) in [5, 5.41) is 4.14. The van der Waals surface area contributed by atoms with Crippen molar-refractivity contribution in [3.63, 3.8) is 0 Å². The average molecular weight is 228 g/mol. The van der Waals surface area contributed by atoms with Crippen LogP contribution in [0.1, 0.15) is 11.7 Å². The first-order valence-electron chi connectivity index (χ1n) is 4.96. The molecule has 0 aromatic carbocycles. The van der Waals surface area contributed by atoms with Gasteiger partial charge in [0.25, 0.3) is 0 Å². The van der Waals surface area contributed by atoms with Crippen LogP contribution in [0.4, 0.5) is 0 Å². The fourth-order valence-corrected chi connectivity index (χ4v) is 2.67. The van der Waals surface area contributed by atoms with Gasteiger partial charge >= 0.3 is 0 Å². The first-order valence-corrected chi connectivity index (χ1v) is 6.12. The van der Waals surface area contributed by atoms with Crippen molar-refractivity contribution in [2.24, 2.45) is 12.9 Å². The summed E-state index contributed by atoms with van der Waals surface area (Å²) in [6, 6.07) is 1.98. The molecule has 1 fully saturated rings. The normalized spacial score (nSPS) is 24.0. The minimum absolute atomic E-state index is 0.0188. The Balaban J connectivity index is 2.12. The summed E-state index contributed by atoms with van der Waals surface area (Å²) in [7, 11) is 1.91. The predicted octanol–water partition coefficient (Wildman–Crippen LogP) is 0.0565. The van der Waals surface area contributed by atoms with E-state index in [1.165, 1.54) is 0 Å². The van der Waals surface area contributed by atoms with Gasteiger partial charge in [-0.25, -0.2) is 5.43 Å². The zero-order valence-corrected chi connectivity index (χ0v) is 9.54. The molecule has 2 rings (SSSR count). The minimum atomic E-state index is 0.0188. The molecule has 15 heavy (non-hydrogen) atoms. The molecule has 2 atom stereocenters. The van der Waals surface area contributed by atoms with Crippen LogP contribution in [0.15, 0.2) is 12.3 Å². The minimum Gasteiger partial charge on any atom is -0.374 e. The summed E-state index contributed by atoms with van der Waals surface area (Å²) < 4.78 is 7.53. The lowest BCUT2D eigenvalue weighted by Crippen LogP contribution is -2.42. The smallest absolute Gasteiger partial charge is 0.0898 e. The van der Waals surface area contributed by atoms with E-state index in [0.29, 0.717) is 0 Å². The second-order valence-corrected chi connectivity index (χ2v) is 4.66. The van der Waals surface area contributed by atoms with Crippen LogP contribution in [0.2, 0.25) is 0 Å². The molecule has 84 valence electrons. The van der Waals surface area contributed by atoms with E-state index in [1.54, 1.807) is 6.20 Å². The standard InChI is InChI=1S/C9H16N4OS/c1-13-7(2-3-11-13)9(12-10)8-6-15-5-4-14-8/h2-3,8-9,12H,4-6,10H2,1H3. The monoisotopic (exact) mass is 228 g/mol. The van der Waals surface area contributed by atoms with Crippen molar-refractivity contribution in [3.8, 4) is 0 Å². The van der Waals surface area contributed by atoms with Crippen LogP contribution in [0.3, 0.4) is 0 Å². The van der Waals surface area contributed by atoms with E-state index in [2.05, 4.69) is 10.5 Å². The quantitative estimate of drug-likeness (QED) is 0.565. The molecule has 1 aromatic rings. The van der Waals surface area contributed by atoms with Gasteiger partial charge in [0.05, 0.1) is 24.4 Å². The van der Waals surface area contributed by atoms with E-state index in [1.807, 2.05) is 29.6 Å². The SMILES string of the molecule is Cn1nccc1C(NN)C1CSCCO1. The first-order chi connectivity index (χ1) is 7.33. The molecule has 1 aromatic heterocycles. The molecule has 5 nitrogen and oxygen atoms in total. The molecule has 0 aliphatic carbocycles. The van der Waals surface area contributed by atoms with Gasteiger partial charge in [-0.1, -0.05) is 0 Å². The molecule has 0 saturated carbocycles. The number of nitrogens with zero attached hydrogens (tertiary/aromatic N) is 2. The number of aryl methyl sites for hydroxylation is 1. The molecule has 0 bridgehead atoms. The molecule has 0 spiro atoms. The van der Waals surface area contributed by atoms with E-state index in [0.717, 1.165) is 23.8 Å². The topological polar surface area (TPSA) is 65.1 Å². The van der Waals surface area contributed by atoms with Gasteiger partial charge in [0.1, 0.15) is 0 Å². The molecule has 0 amide bonds. The number of ether oxygens (including phenoxy) is 1. The van der Waals surface area contributed by atoms with Crippen molar-refractivity contribution in [3.05, 3.63) is 18.0 Å². The van der Waals surface area contributed by atoms with E-state index >= 15 is 0 Å². The fourth-order valence-electron chi connectivity index (χ4n) is 1.77. The van der Waals surface area contributed by atoms with Crippen molar-refractivity contribution in [2.45, 2.75) is 12.1 Å². The Morgan fingerprint density at radius 2 is 2.67 bits per heavy atom. The Kier molecular flexibility index (Phi) is 3.63. The largest absolute Gasteiger partial charge is 0.374 e. The summed E-state index contributed by atoms with van der Waals surface area (Å²) in [4.78, 5) is 0. The Hall–Kier alpha value is -0.560. The molecule has 3 N–H and O–H groups in total. The Morgan fingerprint density at radius 1 is 1.80 bits per heavy atom. The number of thioether (sulfide) groups is 1. The van der Waals surface area contributed by atoms with E-state index in [9.17, 15) is 0 Å². The molecule has 1 saturated heterocycles. The average Bonchev–Trinajstić information content (AvgIpc) is 2.68. The first kappa shape index (κ1) is 10.9. The van der Waals surface area contributed by atoms with E-state index in [4.69, 9.17) is 10.6 Å². The van der Waals surface area contributed by atoms with Gasteiger partial charge in [-0.3, -0.25) is 10.5 Å².